The number of aromatic carboxylic acids is 1. The molecule has 0 spiro atoms. The number of hydrogen-bond donors (Lipinski definition) is 3. The van der Waals surface area contributed by atoms with Gasteiger partial charge in [-0.2, -0.15) is 0 Å². The maximum atomic E-state index is 11.5. The highest BCUT2D eigenvalue weighted by Gasteiger charge is 2.24. The van der Waals surface area contributed by atoms with E-state index in [4.69, 9.17) is 5.73 Å². The molecule has 0 aliphatic rings. The summed E-state index contributed by atoms with van der Waals surface area (Å²) in [4.78, 5) is 11.5. The number of fused-ring (bicyclic) bond motifs is 1. The topological polar surface area (TPSA) is 88.5 Å². The molecule has 0 bridgehead atoms. The monoisotopic (exact) mass is 318 g/mol. The van der Waals surface area contributed by atoms with E-state index in [1.807, 2.05) is 6.20 Å². The SMILES string of the molecule is CC(O)c1cn(CCCN)c2c(C(C)(C)C)cc(C(=O)O)cc12. The average molecular weight is 318 g/mol. The Morgan fingerprint density at radius 2 is 2.00 bits per heavy atom. The fourth-order valence-electron chi connectivity index (χ4n) is 2.93. The van der Waals surface area contributed by atoms with Gasteiger partial charge in [0.1, 0.15) is 0 Å². The van der Waals surface area contributed by atoms with Crippen molar-refractivity contribution < 1.29 is 15.0 Å². The van der Waals surface area contributed by atoms with E-state index < -0.39 is 12.1 Å². The smallest absolute Gasteiger partial charge is 0.335 e. The molecule has 5 heteroatoms. The number of benzene rings is 1. The number of nitrogens with two attached hydrogens (primary N) is 1. The normalized spacial score (nSPS) is 13.5. The summed E-state index contributed by atoms with van der Waals surface area (Å²) < 4.78 is 2.09. The average Bonchev–Trinajstić information content (AvgIpc) is 2.81. The second-order valence-corrected chi connectivity index (χ2v) is 7.07. The van der Waals surface area contributed by atoms with E-state index in [-0.39, 0.29) is 11.0 Å². The molecule has 2 rings (SSSR count). The Bertz CT molecular complexity index is 724. The lowest BCUT2D eigenvalue weighted by atomic mass is 9.84. The van der Waals surface area contributed by atoms with Crippen LogP contribution in [0.3, 0.4) is 0 Å². The largest absolute Gasteiger partial charge is 0.478 e. The summed E-state index contributed by atoms with van der Waals surface area (Å²) in [6, 6.07) is 3.41. The lowest BCUT2D eigenvalue weighted by molar-refractivity contribution is 0.0697. The van der Waals surface area contributed by atoms with Crippen LogP contribution >= 0.6 is 0 Å². The summed E-state index contributed by atoms with van der Waals surface area (Å²) in [6.45, 7) is 9.23. The maximum Gasteiger partial charge on any atom is 0.335 e. The molecule has 1 unspecified atom stereocenters. The molecule has 0 fully saturated rings. The van der Waals surface area contributed by atoms with E-state index in [9.17, 15) is 15.0 Å². The molecule has 23 heavy (non-hydrogen) atoms. The Labute approximate surface area is 136 Å². The summed E-state index contributed by atoms with van der Waals surface area (Å²) >= 11 is 0. The summed E-state index contributed by atoms with van der Waals surface area (Å²) in [5.74, 6) is -0.955. The van der Waals surface area contributed by atoms with Crippen LogP contribution in [-0.4, -0.2) is 27.3 Å². The molecule has 4 N–H and O–H groups in total. The van der Waals surface area contributed by atoms with Gasteiger partial charge in [0.2, 0.25) is 0 Å². The van der Waals surface area contributed by atoms with Crippen LogP contribution in [0.4, 0.5) is 0 Å². The number of carbonyl (C=O) groups is 1. The molecule has 126 valence electrons. The molecule has 1 aromatic heterocycles. The zero-order chi connectivity index (χ0) is 17.4. The van der Waals surface area contributed by atoms with Gasteiger partial charge < -0.3 is 20.5 Å². The first-order valence-electron chi connectivity index (χ1n) is 7.95. The number of aromatic nitrogens is 1. The van der Waals surface area contributed by atoms with Gasteiger partial charge in [0.15, 0.2) is 0 Å². The molecule has 0 radical (unpaired) electrons. The van der Waals surface area contributed by atoms with Crippen molar-refractivity contribution in [1.29, 1.82) is 0 Å². The van der Waals surface area contributed by atoms with Crippen LogP contribution in [0.5, 0.6) is 0 Å². The van der Waals surface area contributed by atoms with E-state index in [0.29, 0.717) is 6.54 Å². The van der Waals surface area contributed by atoms with Gasteiger partial charge in [0.25, 0.3) is 0 Å². The minimum atomic E-state index is -0.955. The van der Waals surface area contributed by atoms with Crippen LogP contribution < -0.4 is 5.73 Å². The number of carboxylic acid groups (broad SMARTS) is 1. The van der Waals surface area contributed by atoms with Crippen molar-refractivity contribution in [2.24, 2.45) is 5.73 Å². The van der Waals surface area contributed by atoms with Gasteiger partial charge >= 0.3 is 5.97 Å². The van der Waals surface area contributed by atoms with Gasteiger partial charge in [-0.3, -0.25) is 0 Å². The predicted molar refractivity (Wildman–Crippen MR) is 91.9 cm³/mol. The third-order valence-corrected chi connectivity index (χ3v) is 4.11. The predicted octanol–water partition coefficient (Wildman–Crippen LogP) is 3.04. The standard InChI is InChI=1S/C18H26N2O3/c1-11(21)14-10-20(7-5-6-19)16-13(14)8-12(17(22)23)9-15(16)18(2,3)4/h8-11,21H,5-7,19H2,1-4H3,(H,22,23). The van der Waals surface area contributed by atoms with E-state index in [1.165, 1.54) is 0 Å². The molecule has 0 aliphatic carbocycles. The van der Waals surface area contributed by atoms with Crippen LogP contribution in [0, 0.1) is 0 Å². The number of aliphatic hydroxyl groups is 1. The molecule has 0 amide bonds. The Balaban J connectivity index is 2.85. The van der Waals surface area contributed by atoms with Gasteiger partial charge in [-0.15, -0.1) is 0 Å². The highest BCUT2D eigenvalue weighted by molar-refractivity contribution is 5.97. The first-order valence-corrected chi connectivity index (χ1v) is 7.95. The third-order valence-electron chi connectivity index (χ3n) is 4.11. The van der Waals surface area contributed by atoms with Crippen molar-refractivity contribution >= 4 is 16.9 Å². The van der Waals surface area contributed by atoms with Crippen molar-refractivity contribution in [2.45, 2.75) is 52.2 Å². The highest BCUT2D eigenvalue weighted by atomic mass is 16.4. The van der Waals surface area contributed by atoms with Gasteiger partial charge in [-0.1, -0.05) is 20.8 Å². The first-order chi connectivity index (χ1) is 10.7. The van der Waals surface area contributed by atoms with E-state index >= 15 is 0 Å². The van der Waals surface area contributed by atoms with Crippen LogP contribution in [0.25, 0.3) is 10.9 Å². The number of carboxylic acids is 1. The van der Waals surface area contributed by atoms with E-state index in [0.717, 1.165) is 35.0 Å². The molecule has 0 aliphatic heterocycles. The minimum absolute atomic E-state index is 0.210. The quantitative estimate of drug-likeness (QED) is 0.790. The molecule has 0 saturated carbocycles. The zero-order valence-corrected chi connectivity index (χ0v) is 14.3. The highest BCUT2D eigenvalue weighted by Crippen LogP contribution is 2.36. The summed E-state index contributed by atoms with van der Waals surface area (Å²) in [5.41, 5.74) is 8.39. The number of rotatable bonds is 5. The molecule has 5 nitrogen and oxygen atoms in total. The molecular formula is C18H26N2O3. The molecular weight excluding hydrogens is 292 g/mol. The van der Waals surface area contributed by atoms with Crippen molar-refractivity contribution in [3.8, 4) is 0 Å². The minimum Gasteiger partial charge on any atom is -0.478 e. The van der Waals surface area contributed by atoms with Crippen molar-refractivity contribution in [2.75, 3.05) is 6.54 Å². The van der Waals surface area contributed by atoms with Crippen molar-refractivity contribution in [1.82, 2.24) is 4.57 Å². The van der Waals surface area contributed by atoms with Crippen LogP contribution in [0.1, 0.15) is 61.7 Å². The zero-order valence-electron chi connectivity index (χ0n) is 14.3. The lowest BCUT2D eigenvalue weighted by Gasteiger charge is -2.22. The fraction of sp³-hybridized carbons (Fsp3) is 0.500. The van der Waals surface area contributed by atoms with E-state index in [2.05, 4.69) is 25.3 Å². The van der Waals surface area contributed by atoms with Crippen LogP contribution in [-0.2, 0) is 12.0 Å². The van der Waals surface area contributed by atoms with Crippen LogP contribution in [0.15, 0.2) is 18.3 Å². The maximum absolute atomic E-state index is 11.5. The molecule has 1 heterocycles. The van der Waals surface area contributed by atoms with Gasteiger partial charge in [-0.25, -0.2) is 4.79 Å². The summed E-state index contributed by atoms with van der Waals surface area (Å²) in [6.07, 6.45) is 2.09. The Morgan fingerprint density at radius 1 is 1.35 bits per heavy atom. The molecule has 1 atom stereocenters. The third kappa shape index (κ3) is 3.41. The van der Waals surface area contributed by atoms with Crippen LogP contribution in [0.2, 0.25) is 0 Å². The second kappa shape index (κ2) is 6.34. The van der Waals surface area contributed by atoms with Crippen molar-refractivity contribution in [3.05, 3.63) is 35.0 Å². The Morgan fingerprint density at radius 3 is 2.48 bits per heavy atom. The number of aliphatic hydroxyl groups excluding tert-OH is 1. The summed E-state index contributed by atoms with van der Waals surface area (Å²) in [5, 5.41) is 20.3. The molecule has 1 aromatic carbocycles. The number of nitrogens with zero attached hydrogens (tertiary/aromatic N) is 1. The van der Waals surface area contributed by atoms with Gasteiger partial charge in [-0.05, 0) is 43.0 Å². The van der Waals surface area contributed by atoms with Crippen molar-refractivity contribution in [3.63, 3.8) is 0 Å². The second-order valence-electron chi connectivity index (χ2n) is 7.07. The van der Waals surface area contributed by atoms with E-state index in [1.54, 1.807) is 19.1 Å². The summed E-state index contributed by atoms with van der Waals surface area (Å²) in [7, 11) is 0. The Kier molecular flexibility index (Phi) is 4.82. The fourth-order valence-corrected chi connectivity index (χ4v) is 2.93. The van der Waals surface area contributed by atoms with Gasteiger partial charge in [0, 0.05) is 23.7 Å². The number of aryl methyl sites for hydroxylation is 1. The first kappa shape index (κ1) is 17.5. The Hall–Kier alpha value is -1.85. The number of hydrogen-bond acceptors (Lipinski definition) is 3. The molecule has 2 aromatic rings. The lowest BCUT2D eigenvalue weighted by Crippen LogP contribution is -2.15. The molecule has 0 saturated heterocycles. The van der Waals surface area contributed by atoms with Gasteiger partial charge in [0.05, 0.1) is 17.2 Å².